The number of hydroxylamine groups is 1. The van der Waals surface area contributed by atoms with Crippen LogP contribution in [-0.2, 0) is 4.84 Å². The van der Waals surface area contributed by atoms with E-state index in [4.69, 9.17) is 16.4 Å². The van der Waals surface area contributed by atoms with Crippen LogP contribution in [0.4, 0.5) is 4.39 Å². The summed E-state index contributed by atoms with van der Waals surface area (Å²) in [5.74, 6) is 0.273. The second-order valence-electron chi connectivity index (χ2n) is 7.53. The van der Waals surface area contributed by atoms with Gasteiger partial charge in [0, 0.05) is 22.2 Å². The van der Waals surface area contributed by atoms with Gasteiger partial charge < -0.3 is 0 Å². The summed E-state index contributed by atoms with van der Waals surface area (Å²) in [5.41, 5.74) is 5.02. The molecule has 29 heavy (non-hydrogen) atoms. The molecule has 1 N–H and O–H groups in total. The lowest BCUT2D eigenvalue weighted by Gasteiger charge is -2.29. The number of fused-ring (bicyclic) bond motifs is 1. The maximum atomic E-state index is 13.7. The first-order valence-electron chi connectivity index (χ1n) is 9.82. The van der Waals surface area contributed by atoms with Crippen molar-refractivity contribution in [3.8, 4) is 0 Å². The van der Waals surface area contributed by atoms with E-state index in [0.717, 1.165) is 36.6 Å². The Balaban J connectivity index is 1.29. The van der Waals surface area contributed by atoms with Gasteiger partial charge in [-0.25, -0.2) is 9.87 Å². The number of rotatable bonds is 5. The molecule has 1 aromatic heterocycles. The molecule has 0 atom stereocenters. The predicted octanol–water partition coefficient (Wildman–Crippen LogP) is 5.66. The minimum Gasteiger partial charge on any atom is -0.273 e. The van der Waals surface area contributed by atoms with Gasteiger partial charge in [-0.15, -0.1) is 0 Å². The molecule has 0 aliphatic heterocycles. The minimum absolute atomic E-state index is 0.231. The number of halogens is 2. The van der Waals surface area contributed by atoms with Crippen LogP contribution in [0.3, 0.4) is 0 Å². The molecule has 1 amide bonds. The number of hydrogen-bond donors (Lipinski definition) is 1. The summed E-state index contributed by atoms with van der Waals surface area (Å²) < 4.78 is 13.7. The van der Waals surface area contributed by atoms with Gasteiger partial charge in [0.15, 0.2) is 0 Å². The first kappa shape index (κ1) is 19.8. The molecule has 6 heteroatoms. The van der Waals surface area contributed by atoms with E-state index in [1.54, 1.807) is 42.6 Å². The van der Waals surface area contributed by atoms with Crippen LogP contribution in [0.25, 0.3) is 10.9 Å². The lowest BCUT2D eigenvalue weighted by Crippen LogP contribution is -2.28. The third-order valence-corrected chi connectivity index (χ3v) is 5.87. The van der Waals surface area contributed by atoms with E-state index in [1.165, 1.54) is 11.6 Å². The Bertz CT molecular complexity index is 1000. The Labute approximate surface area is 174 Å². The van der Waals surface area contributed by atoms with Crippen molar-refractivity contribution in [2.45, 2.75) is 31.6 Å². The summed E-state index contributed by atoms with van der Waals surface area (Å²) in [6.45, 7) is 0.484. The molecule has 4 nitrogen and oxygen atoms in total. The zero-order chi connectivity index (χ0) is 20.2. The van der Waals surface area contributed by atoms with E-state index in [-0.39, 0.29) is 11.7 Å². The second kappa shape index (κ2) is 8.89. The van der Waals surface area contributed by atoms with Crippen LogP contribution in [0.5, 0.6) is 0 Å². The topological polar surface area (TPSA) is 51.2 Å². The smallest absolute Gasteiger partial charge is 0.273 e. The average molecular weight is 413 g/mol. The van der Waals surface area contributed by atoms with Gasteiger partial charge in [-0.05, 0) is 91.6 Å². The number of carbonyl (C=O) groups is 1. The third kappa shape index (κ3) is 4.74. The Kier molecular flexibility index (Phi) is 6.07. The van der Waals surface area contributed by atoms with Gasteiger partial charge in [0.1, 0.15) is 5.82 Å². The lowest BCUT2D eigenvalue weighted by atomic mass is 9.78. The molecule has 3 aromatic rings. The maximum Gasteiger partial charge on any atom is 0.274 e. The number of nitrogens with zero attached hydrogens (tertiary/aromatic N) is 1. The van der Waals surface area contributed by atoms with Gasteiger partial charge in [0.05, 0.1) is 12.1 Å². The normalized spacial score (nSPS) is 19.2. The molecule has 1 aliphatic rings. The minimum atomic E-state index is -0.277. The molecule has 1 saturated carbocycles. The van der Waals surface area contributed by atoms with Crippen molar-refractivity contribution in [2.24, 2.45) is 5.92 Å². The van der Waals surface area contributed by atoms with Gasteiger partial charge in [-0.1, -0.05) is 11.6 Å². The molecule has 0 spiro atoms. The summed E-state index contributed by atoms with van der Waals surface area (Å²) >= 11 is 5.83. The van der Waals surface area contributed by atoms with Crippen LogP contribution in [0.2, 0.25) is 5.02 Å². The van der Waals surface area contributed by atoms with Gasteiger partial charge in [-0.3, -0.25) is 14.6 Å². The predicted molar refractivity (Wildman–Crippen MR) is 111 cm³/mol. The van der Waals surface area contributed by atoms with Crippen LogP contribution in [0.1, 0.15) is 47.5 Å². The van der Waals surface area contributed by atoms with Crippen LogP contribution < -0.4 is 5.48 Å². The average Bonchev–Trinajstić information content (AvgIpc) is 2.74. The van der Waals surface area contributed by atoms with Crippen molar-refractivity contribution in [3.63, 3.8) is 0 Å². The highest BCUT2D eigenvalue weighted by Crippen LogP contribution is 2.38. The van der Waals surface area contributed by atoms with Crippen LogP contribution >= 0.6 is 11.6 Å². The van der Waals surface area contributed by atoms with Crippen molar-refractivity contribution in [3.05, 3.63) is 76.7 Å². The number of nitrogens with one attached hydrogen (secondary N) is 1. The zero-order valence-electron chi connectivity index (χ0n) is 15.9. The Morgan fingerprint density at radius 1 is 1.10 bits per heavy atom. The molecule has 1 aliphatic carbocycles. The summed E-state index contributed by atoms with van der Waals surface area (Å²) in [5, 5.41) is 1.49. The van der Waals surface area contributed by atoms with Crippen molar-refractivity contribution in [1.29, 1.82) is 0 Å². The highest BCUT2D eigenvalue weighted by atomic mass is 35.5. The summed E-state index contributed by atoms with van der Waals surface area (Å²) in [7, 11) is 0. The molecule has 0 saturated heterocycles. The van der Waals surface area contributed by atoms with E-state index in [0.29, 0.717) is 29.0 Å². The van der Waals surface area contributed by atoms with Crippen molar-refractivity contribution >= 4 is 28.4 Å². The first-order valence-corrected chi connectivity index (χ1v) is 10.2. The summed E-state index contributed by atoms with van der Waals surface area (Å²) in [4.78, 5) is 21.9. The number of aromatic nitrogens is 1. The van der Waals surface area contributed by atoms with Gasteiger partial charge in [0.2, 0.25) is 0 Å². The van der Waals surface area contributed by atoms with E-state index >= 15 is 0 Å². The van der Waals surface area contributed by atoms with Gasteiger partial charge in [-0.2, -0.15) is 0 Å². The zero-order valence-corrected chi connectivity index (χ0v) is 16.7. The molecular formula is C23H22ClFN2O2. The fraction of sp³-hybridized carbons (Fsp3) is 0.304. The number of benzene rings is 2. The van der Waals surface area contributed by atoms with E-state index in [2.05, 4.69) is 10.5 Å². The SMILES string of the molecule is O=C(NOCC1CCC(c2ccnc3ccc(F)cc23)CC1)c1ccc(Cl)cc1. The molecule has 150 valence electrons. The first-order chi connectivity index (χ1) is 14.1. The quantitative estimate of drug-likeness (QED) is 0.550. The van der Waals surface area contributed by atoms with Crippen LogP contribution in [0.15, 0.2) is 54.7 Å². The highest BCUT2D eigenvalue weighted by Gasteiger charge is 2.24. The molecule has 2 aromatic carbocycles. The fourth-order valence-electron chi connectivity index (χ4n) is 4.02. The Morgan fingerprint density at radius 2 is 1.86 bits per heavy atom. The number of pyridine rings is 1. The van der Waals surface area contributed by atoms with E-state index < -0.39 is 0 Å². The molecule has 0 unspecified atom stereocenters. The molecule has 4 rings (SSSR count). The molecular weight excluding hydrogens is 391 g/mol. The number of carbonyl (C=O) groups excluding carboxylic acids is 1. The highest BCUT2D eigenvalue weighted by molar-refractivity contribution is 6.30. The Morgan fingerprint density at radius 3 is 2.62 bits per heavy atom. The molecule has 0 radical (unpaired) electrons. The summed E-state index contributed by atoms with van der Waals surface area (Å²) in [6, 6.07) is 13.4. The van der Waals surface area contributed by atoms with E-state index in [9.17, 15) is 9.18 Å². The molecule has 1 heterocycles. The molecule has 1 fully saturated rings. The fourth-order valence-corrected chi connectivity index (χ4v) is 4.15. The second-order valence-corrected chi connectivity index (χ2v) is 7.96. The number of amides is 1. The van der Waals surface area contributed by atoms with Crippen molar-refractivity contribution in [1.82, 2.24) is 10.5 Å². The van der Waals surface area contributed by atoms with E-state index in [1.807, 2.05) is 6.07 Å². The largest absolute Gasteiger partial charge is 0.274 e. The Hall–Kier alpha value is -2.50. The van der Waals surface area contributed by atoms with Crippen molar-refractivity contribution < 1.29 is 14.0 Å². The van der Waals surface area contributed by atoms with Crippen molar-refractivity contribution in [2.75, 3.05) is 6.61 Å². The molecule has 0 bridgehead atoms. The standard InChI is InChI=1S/C23H22ClFN2O2/c24-18-7-5-17(6-8-18)23(28)27-29-14-15-1-3-16(4-2-15)20-11-12-26-22-10-9-19(25)13-21(20)22/h5-13,15-16H,1-4,14H2,(H,27,28). The van der Waals surface area contributed by atoms with Gasteiger partial charge in [0.25, 0.3) is 5.91 Å². The monoisotopic (exact) mass is 412 g/mol. The van der Waals surface area contributed by atoms with Crippen LogP contribution in [0, 0.1) is 11.7 Å². The van der Waals surface area contributed by atoms with Crippen LogP contribution in [-0.4, -0.2) is 17.5 Å². The number of hydrogen-bond acceptors (Lipinski definition) is 3. The summed E-state index contributed by atoms with van der Waals surface area (Å²) in [6.07, 6.45) is 5.82. The third-order valence-electron chi connectivity index (χ3n) is 5.61. The lowest BCUT2D eigenvalue weighted by molar-refractivity contribution is 0.00973. The van der Waals surface area contributed by atoms with Gasteiger partial charge >= 0.3 is 0 Å². The maximum absolute atomic E-state index is 13.7.